The summed E-state index contributed by atoms with van der Waals surface area (Å²) in [4.78, 5) is 0. The summed E-state index contributed by atoms with van der Waals surface area (Å²) in [5.74, 6) is 7.34. The molecule has 1 nitrogen and oxygen atoms in total. The average Bonchev–Trinajstić information content (AvgIpc) is 3.13. The van der Waals surface area contributed by atoms with E-state index in [-0.39, 0.29) is 0 Å². The molecule has 1 aliphatic carbocycles. The van der Waals surface area contributed by atoms with E-state index in [4.69, 9.17) is 0 Å². The Morgan fingerprint density at radius 3 is 2.75 bits per heavy atom. The van der Waals surface area contributed by atoms with E-state index in [0.29, 0.717) is 0 Å². The van der Waals surface area contributed by atoms with Crippen molar-refractivity contribution in [2.45, 2.75) is 25.7 Å². The Kier molecular flexibility index (Phi) is 4.46. The maximum absolute atomic E-state index is 3.37. The third-order valence-electron chi connectivity index (χ3n) is 2.88. The van der Waals surface area contributed by atoms with Crippen molar-refractivity contribution in [3.63, 3.8) is 0 Å². The zero-order valence-corrected chi connectivity index (χ0v) is 9.71. The lowest BCUT2D eigenvalue weighted by Crippen LogP contribution is -2.15. The maximum atomic E-state index is 3.37. The quantitative estimate of drug-likeness (QED) is 0.586. The molecule has 1 aromatic rings. The second-order valence-corrected chi connectivity index (χ2v) is 4.43. The summed E-state index contributed by atoms with van der Waals surface area (Å²) in [7, 11) is 0. The second-order valence-electron chi connectivity index (χ2n) is 4.43. The minimum atomic E-state index is 0.805. The van der Waals surface area contributed by atoms with Crippen molar-refractivity contribution >= 4 is 0 Å². The van der Waals surface area contributed by atoms with Crippen LogP contribution in [0.4, 0.5) is 0 Å². The van der Waals surface area contributed by atoms with E-state index in [1.54, 1.807) is 0 Å². The lowest BCUT2D eigenvalue weighted by atomic mass is 10.2. The first-order valence-corrected chi connectivity index (χ1v) is 6.20. The van der Waals surface area contributed by atoms with Gasteiger partial charge in [0.1, 0.15) is 0 Å². The molecule has 0 unspecified atom stereocenters. The van der Waals surface area contributed by atoms with Crippen LogP contribution in [-0.4, -0.2) is 13.1 Å². The van der Waals surface area contributed by atoms with Gasteiger partial charge in [0, 0.05) is 5.56 Å². The first kappa shape index (κ1) is 11.2. The Morgan fingerprint density at radius 1 is 1.19 bits per heavy atom. The molecule has 1 N–H and O–H groups in total. The highest BCUT2D eigenvalue weighted by molar-refractivity contribution is 5.33. The highest BCUT2D eigenvalue weighted by Crippen LogP contribution is 2.33. The van der Waals surface area contributed by atoms with Crippen LogP contribution in [0.25, 0.3) is 0 Å². The number of hydrogen-bond donors (Lipinski definition) is 1. The summed E-state index contributed by atoms with van der Waals surface area (Å²) < 4.78 is 0. The normalized spacial score (nSPS) is 14.2. The van der Waals surface area contributed by atoms with Crippen LogP contribution in [0.3, 0.4) is 0 Å². The van der Waals surface area contributed by atoms with Crippen molar-refractivity contribution in [2.75, 3.05) is 13.1 Å². The highest BCUT2D eigenvalue weighted by Gasteiger charge is 2.19. The van der Waals surface area contributed by atoms with Gasteiger partial charge in [-0.1, -0.05) is 42.9 Å². The molecule has 1 aromatic carbocycles. The van der Waals surface area contributed by atoms with Gasteiger partial charge >= 0.3 is 0 Å². The zero-order valence-electron chi connectivity index (χ0n) is 9.71. The molecule has 16 heavy (non-hydrogen) atoms. The van der Waals surface area contributed by atoms with E-state index in [0.717, 1.165) is 24.6 Å². The third-order valence-corrected chi connectivity index (χ3v) is 2.88. The molecule has 1 saturated carbocycles. The van der Waals surface area contributed by atoms with E-state index >= 15 is 0 Å². The van der Waals surface area contributed by atoms with E-state index in [2.05, 4.69) is 17.2 Å². The van der Waals surface area contributed by atoms with Crippen LogP contribution < -0.4 is 5.32 Å². The predicted octanol–water partition coefficient (Wildman–Crippen LogP) is 2.82. The Labute approximate surface area is 98.3 Å². The minimum Gasteiger partial charge on any atom is -0.306 e. The van der Waals surface area contributed by atoms with Crippen molar-refractivity contribution in [1.82, 2.24) is 5.32 Å². The molecule has 2 rings (SSSR count). The van der Waals surface area contributed by atoms with Gasteiger partial charge in [0.2, 0.25) is 0 Å². The molecule has 0 amide bonds. The number of rotatable bonds is 5. The van der Waals surface area contributed by atoms with Gasteiger partial charge in [0.25, 0.3) is 0 Å². The molecule has 0 heterocycles. The van der Waals surface area contributed by atoms with Crippen LogP contribution >= 0.6 is 0 Å². The van der Waals surface area contributed by atoms with Crippen molar-refractivity contribution in [1.29, 1.82) is 0 Å². The van der Waals surface area contributed by atoms with E-state index in [1.807, 2.05) is 30.3 Å². The Balaban J connectivity index is 1.55. The molecule has 1 fully saturated rings. The maximum Gasteiger partial charge on any atom is 0.0580 e. The van der Waals surface area contributed by atoms with Gasteiger partial charge in [-0.05, 0) is 37.4 Å². The zero-order chi connectivity index (χ0) is 11.1. The molecule has 0 radical (unpaired) electrons. The number of hydrogen-bond acceptors (Lipinski definition) is 1. The van der Waals surface area contributed by atoms with Crippen LogP contribution in [0.15, 0.2) is 30.3 Å². The van der Waals surface area contributed by atoms with Crippen molar-refractivity contribution in [2.24, 2.45) is 5.92 Å². The topological polar surface area (TPSA) is 12.0 Å². The summed E-state index contributed by atoms with van der Waals surface area (Å²) in [5.41, 5.74) is 1.10. The SMILES string of the molecule is C(#Cc1ccccc1)CNCCCC1CC1. The van der Waals surface area contributed by atoms with E-state index in [1.165, 1.54) is 25.7 Å². The molecule has 1 aliphatic rings. The molecule has 0 aromatic heterocycles. The van der Waals surface area contributed by atoms with Crippen molar-refractivity contribution in [3.8, 4) is 11.8 Å². The fourth-order valence-electron chi connectivity index (χ4n) is 1.74. The molecular weight excluding hydrogens is 194 g/mol. The Bertz CT molecular complexity index is 354. The molecule has 0 aliphatic heterocycles. The lowest BCUT2D eigenvalue weighted by Gasteiger charge is -1.98. The first-order chi connectivity index (χ1) is 7.95. The van der Waals surface area contributed by atoms with Crippen molar-refractivity contribution < 1.29 is 0 Å². The van der Waals surface area contributed by atoms with Gasteiger partial charge in [-0.15, -0.1) is 0 Å². The van der Waals surface area contributed by atoms with Gasteiger partial charge in [-0.25, -0.2) is 0 Å². The van der Waals surface area contributed by atoms with Gasteiger partial charge in [-0.3, -0.25) is 0 Å². The highest BCUT2D eigenvalue weighted by atomic mass is 14.8. The van der Waals surface area contributed by atoms with Crippen LogP contribution in [0.2, 0.25) is 0 Å². The molecule has 0 spiro atoms. The van der Waals surface area contributed by atoms with E-state index < -0.39 is 0 Å². The summed E-state index contributed by atoms with van der Waals surface area (Å²) in [6, 6.07) is 10.1. The number of nitrogens with one attached hydrogen (secondary N) is 1. The van der Waals surface area contributed by atoms with Crippen LogP contribution in [0.5, 0.6) is 0 Å². The number of benzene rings is 1. The van der Waals surface area contributed by atoms with Gasteiger partial charge in [0.05, 0.1) is 6.54 Å². The molecule has 0 atom stereocenters. The second kappa shape index (κ2) is 6.35. The largest absolute Gasteiger partial charge is 0.306 e. The van der Waals surface area contributed by atoms with Gasteiger partial charge < -0.3 is 5.32 Å². The minimum absolute atomic E-state index is 0.805. The smallest absolute Gasteiger partial charge is 0.0580 e. The summed E-state index contributed by atoms with van der Waals surface area (Å²) in [6.45, 7) is 1.92. The lowest BCUT2D eigenvalue weighted by molar-refractivity contribution is 0.619. The predicted molar refractivity (Wildman–Crippen MR) is 68.1 cm³/mol. The summed E-state index contributed by atoms with van der Waals surface area (Å²) in [5, 5.41) is 3.37. The Hall–Kier alpha value is -1.26. The van der Waals surface area contributed by atoms with Crippen LogP contribution in [0.1, 0.15) is 31.2 Å². The molecule has 1 heteroatoms. The molecule has 0 saturated heterocycles. The fourth-order valence-corrected chi connectivity index (χ4v) is 1.74. The van der Waals surface area contributed by atoms with Gasteiger partial charge in [0.15, 0.2) is 0 Å². The summed E-state index contributed by atoms with van der Waals surface area (Å²) >= 11 is 0. The van der Waals surface area contributed by atoms with Crippen molar-refractivity contribution in [3.05, 3.63) is 35.9 Å². The van der Waals surface area contributed by atoms with Gasteiger partial charge in [-0.2, -0.15) is 0 Å². The third kappa shape index (κ3) is 4.51. The molecular formula is C15H19N. The van der Waals surface area contributed by atoms with Crippen LogP contribution in [-0.2, 0) is 0 Å². The monoisotopic (exact) mass is 213 g/mol. The fraction of sp³-hybridized carbons (Fsp3) is 0.467. The van der Waals surface area contributed by atoms with E-state index in [9.17, 15) is 0 Å². The summed E-state index contributed by atoms with van der Waals surface area (Å²) in [6.07, 6.45) is 5.64. The van der Waals surface area contributed by atoms with Crippen LogP contribution in [0, 0.1) is 17.8 Å². The average molecular weight is 213 g/mol. The standard InChI is InChI=1S/C15H19N/c1-2-6-14(7-3-1)8-4-12-16-13-5-9-15-10-11-15/h1-3,6-7,15-16H,5,9-13H2. The molecule has 0 bridgehead atoms. The Morgan fingerprint density at radius 2 is 2.00 bits per heavy atom. The molecule has 84 valence electrons. The first-order valence-electron chi connectivity index (χ1n) is 6.20.